The van der Waals surface area contributed by atoms with E-state index < -0.39 is 17.5 Å². The van der Waals surface area contributed by atoms with Gasteiger partial charge in [-0.25, -0.2) is 0 Å². The number of ether oxygens (including phenoxy) is 2. The van der Waals surface area contributed by atoms with Crippen molar-refractivity contribution >= 4 is 5.78 Å². The molecule has 2 aliphatic heterocycles. The predicted molar refractivity (Wildman–Crippen MR) is 100 cm³/mol. The van der Waals surface area contributed by atoms with Gasteiger partial charge in [-0.3, -0.25) is 9.69 Å². The molecule has 0 N–H and O–H groups in total. The second kappa shape index (κ2) is 7.89. The van der Waals surface area contributed by atoms with Gasteiger partial charge in [0.05, 0.1) is 18.8 Å². The Morgan fingerprint density at radius 2 is 1.41 bits per heavy atom. The van der Waals surface area contributed by atoms with Crippen LogP contribution >= 0.6 is 0 Å². The summed E-state index contributed by atoms with van der Waals surface area (Å²) in [6.07, 6.45) is -2.72. The summed E-state index contributed by atoms with van der Waals surface area (Å²) >= 11 is 0. The molecule has 7 heteroatoms. The van der Waals surface area contributed by atoms with Crippen LogP contribution in [0.4, 0.5) is 13.2 Å². The van der Waals surface area contributed by atoms with E-state index in [1.807, 2.05) is 12.1 Å². The number of hydrogen-bond donors (Lipinski definition) is 0. The van der Waals surface area contributed by atoms with Crippen molar-refractivity contribution in [3.8, 4) is 0 Å². The average Bonchev–Trinajstić information content (AvgIpc) is 3.17. The zero-order chi connectivity index (χ0) is 20.5. The molecular weight excluding hydrogens is 383 g/mol. The molecule has 0 aromatic heterocycles. The minimum absolute atomic E-state index is 0.239. The lowest BCUT2D eigenvalue weighted by molar-refractivity contribution is -0.185. The van der Waals surface area contributed by atoms with E-state index in [-0.39, 0.29) is 11.3 Å². The summed E-state index contributed by atoms with van der Waals surface area (Å²) in [7, 11) is 0. The van der Waals surface area contributed by atoms with Gasteiger partial charge in [0, 0.05) is 43.6 Å². The third-order valence-corrected chi connectivity index (χ3v) is 5.53. The van der Waals surface area contributed by atoms with Crippen LogP contribution < -0.4 is 0 Å². The molecule has 0 aliphatic carbocycles. The predicted octanol–water partition coefficient (Wildman–Crippen LogP) is 4.28. The molecule has 2 fully saturated rings. The van der Waals surface area contributed by atoms with E-state index in [1.165, 1.54) is 12.1 Å². The Labute approximate surface area is 167 Å². The van der Waals surface area contributed by atoms with Gasteiger partial charge in [0.2, 0.25) is 0 Å². The molecular formula is C22H22F3NO3. The van der Waals surface area contributed by atoms with Gasteiger partial charge in [-0.05, 0) is 17.7 Å². The molecule has 0 saturated carbocycles. The lowest BCUT2D eigenvalue weighted by atomic mass is 10.00. The Bertz CT molecular complexity index is 846. The molecule has 2 aliphatic rings. The molecule has 0 bridgehead atoms. The summed E-state index contributed by atoms with van der Waals surface area (Å²) < 4.78 is 49.5. The number of nitrogens with zero attached hydrogens (tertiary/aromatic N) is 1. The molecule has 154 valence electrons. The van der Waals surface area contributed by atoms with E-state index in [9.17, 15) is 18.0 Å². The molecule has 29 heavy (non-hydrogen) atoms. The largest absolute Gasteiger partial charge is 0.416 e. The maximum Gasteiger partial charge on any atom is 0.416 e. The van der Waals surface area contributed by atoms with Gasteiger partial charge in [-0.1, -0.05) is 36.4 Å². The molecule has 2 aromatic rings. The van der Waals surface area contributed by atoms with Crippen molar-refractivity contribution < 1.29 is 27.4 Å². The first-order chi connectivity index (χ1) is 13.8. The van der Waals surface area contributed by atoms with Gasteiger partial charge in [-0.15, -0.1) is 0 Å². The molecule has 0 atom stereocenters. The van der Waals surface area contributed by atoms with E-state index in [2.05, 4.69) is 4.90 Å². The summed E-state index contributed by atoms with van der Waals surface area (Å²) in [4.78, 5) is 14.9. The Morgan fingerprint density at radius 3 is 1.93 bits per heavy atom. The summed E-state index contributed by atoms with van der Waals surface area (Å²) in [6, 6.07) is 11.5. The standard InChI is InChI=1S/C22H22F3NO3/c23-22(24,25)19-7-5-18(6-8-19)20(27)17-3-1-16(2-4-17)15-26-11-9-21(10-12-26)28-13-14-29-21/h1-8H,9-15H2. The van der Waals surface area contributed by atoms with Crippen LogP contribution in [0.3, 0.4) is 0 Å². The molecule has 4 nitrogen and oxygen atoms in total. The van der Waals surface area contributed by atoms with Crippen molar-refractivity contribution in [2.24, 2.45) is 0 Å². The van der Waals surface area contributed by atoms with Gasteiger partial charge in [-0.2, -0.15) is 13.2 Å². The smallest absolute Gasteiger partial charge is 0.347 e. The van der Waals surface area contributed by atoms with Gasteiger partial charge in [0.25, 0.3) is 0 Å². The summed E-state index contributed by atoms with van der Waals surface area (Å²) in [6.45, 7) is 3.85. The Hall–Kier alpha value is -2.22. The summed E-state index contributed by atoms with van der Waals surface area (Å²) in [5.41, 5.74) is 1.02. The molecule has 1 spiro atoms. The Kier molecular flexibility index (Phi) is 5.46. The number of carbonyl (C=O) groups excluding carboxylic acids is 1. The number of piperidine rings is 1. The Morgan fingerprint density at radius 1 is 0.897 bits per heavy atom. The third-order valence-electron chi connectivity index (χ3n) is 5.53. The summed E-state index contributed by atoms with van der Waals surface area (Å²) in [5, 5.41) is 0. The molecule has 0 radical (unpaired) electrons. The van der Waals surface area contributed by atoms with Crippen molar-refractivity contribution in [3.63, 3.8) is 0 Å². The number of alkyl halides is 3. The first kappa shape index (κ1) is 20.1. The number of rotatable bonds is 4. The second-order valence-electron chi connectivity index (χ2n) is 7.48. The first-order valence-electron chi connectivity index (χ1n) is 9.66. The van der Waals surface area contributed by atoms with Crippen molar-refractivity contribution in [2.75, 3.05) is 26.3 Å². The monoisotopic (exact) mass is 405 g/mol. The van der Waals surface area contributed by atoms with Crippen LogP contribution in [0.25, 0.3) is 0 Å². The topological polar surface area (TPSA) is 38.8 Å². The minimum Gasteiger partial charge on any atom is -0.347 e. The van der Waals surface area contributed by atoms with Crippen molar-refractivity contribution in [1.82, 2.24) is 4.90 Å². The quantitative estimate of drug-likeness (QED) is 0.712. The highest BCUT2D eigenvalue weighted by Crippen LogP contribution is 2.32. The van der Waals surface area contributed by atoms with Crippen LogP contribution in [0.1, 0.15) is 39.9 Å². The summed E-state index contributed by atoms with van der Waals surface area (Å²) in [5.74, 6) is -0.685. The zero-order valence-electron chi connectivity index (χ0n) is 15.9. The zero-order valence-corrected chi connectivity index (χ0v) is 15.9. The fourth-order valence-corrected chi connectivity index (χ4v) is 3.83. The van der Waals surface area contributed by atoms with Crippen molar-refractivity contribution in [1.29, 1.82) is 0 Å². The number of halogens is 3. The van der Waals surface area contributed by atoms with Crippen molar-refractivity contribution in [2.45, 2.75) is 31.3 Å². The minimum atomic E-state index is -4.41. The van der Waals surface area contributed by atoms with Crippen LogP contribution in [-0.2, 0) is 22.2 Å². The number of carbonyl (C=O) groups is 1. The van der Waals surface area contributed by atoms with E-state index in [4.69, 9.17) is 9.47 Å². The second-order valence-corrected chi connectivity index (χ2v) is 7.48. The van der Waals surface area contributed by atoms with Crippen LogP contribution in [0.2, 0.25) is 0 Å². The highest BCUT2D eigenvalue weighted by Gasteiger charge is 2.39. The molecule has 2 aromatic carbocycles. The van der Waals surface area contributed by atoms with Crippen LogP contribution in [0, 0.1) is 0 Å². The number of benzene rings is 2. The van der Waals surface area contributed by atoms with Crippen LogP contribution in [0.5, 0.6) is 0 Å². The highest BCUT2D eigenvalue weighted by atomic mass is 19.4. The van der Waals surface area contributed by atoms with E-state index in [0.717, 1.165) is 50.2 Å². The first-order valence-corrected chi connectivity index (χ1v) is 9.66. The SMILES string of the molecule is O=C(c1ccc(CN2CCC3(CC2)OCCO3)cc1)c1ccc(C(F)(F)F)cc1. The third kappa shape index (κ3) is 4.52. The number of ketones is 1. The molecule has 4 rings (SSSR count). The molecule has 2 heterocycles. The fraction of sp³-hybridized carbons (Fsp3) is 0.409. The van der Waals surface area contributed by atoms with Gasteiger partial charge in [0.1, 0.15) is 0 Å². The number of hydrogen-bond acceptors (Lipinski definition) is 4. The van der Waals surface area contributed by atoms with Crippen molar-refractivity contribution in [3.05, 3.63) is 70.8 Å². The normalized spacial score (nSPS) is 19.6. The Balaban J connectivity index is 1.36. The van der Waals surface area contributed by atoms with Crippen LogP contribution in [0.15, 0.2) is 48.5 Å². The van der Waals surface area contributed by atoms with E-state index in [1.54, 1.807) is 12.1 Å². The van der Waals surface area contributed by atoms with Gasteiger partial charge < -0.3 is 9.47 Å². The highest BCUT2D eigenvalue weighted by molar-refractivity contribution is 6.09. The lowest BCUT2D eigenvalue weighted by Crippen LogP contribution is -2.44. The van der Waals surface area contributed by atoms with E-state index in [0.29, 0.717) is 18.8 Å². The average molecular weight is 405 g/mol. The fourth-order valence-electron chi connectivity index (χ4n) is 3.83. The molecule has 0 amide bonds. The van der Waals surface area contributed by atoms with E-state index >= 15 is 0 Å². The number of likely N-dealkylation sites (tertiary alicyclic amines) is 1. The molecule has 0 unspecified atom stereocenters. The van der Waals surface area contributed by atoms with Gasteiger partial charge in [0.15, 0.2) is 11.6 Å². The maximum absolute atomic E-state index is 12.7. The van der Waals surface area contributed by atoms with Crippen LogP contribution in [-0.4, -0.2) is 42.8 Å². The maximum atomic E-state index is 12.7. The molecule has 2 saturated heterocycles. The van der Waals surface area contributed by atoms with Gasteiger partial charge >= 0.3 is 6.18 Å². The lowest BCUT2D eigenvalue weighted by Gasteiger charge is -2.37.